The van der Waals surface area contributed by atoms with E-state index < -0.39 is 17.4 Å². The molecule has 1 aromatic carbocycles. The fraction of sp³-hybridized carbons (Fsp3) is 0.429. The first kappa shape index (κ1) is 15.9. The highest BCUT2D eigenvalue weighted by Gasteiger charge is 2.37. The molecule has 0 aliphatic rings. The van der Waals surface area contributed by atoms with Crippen molar-refractivity contribution in [1.29, 1.82) is 0 Å². The van der Waals surface area contributed by atoms with Crippen LogP contribution < -0.4 is 0 Å². The third kappa shape index (κ3) is 4.81. The van der Waals surface area contributed by atoms with Crippen LogP contribution in [0.5, 0.6) is 0 Å². The molecule has 1 atom stereocenters. The molecule has 1 aromatic rings. The minimum absolute atomic E-state index is 0.0143. The van der Waals surface area contributed by atoms with E-state index in [1.807, 2.05) is 30.3 Å². The Morgan fingerprint density at radius 1 is 1.16 bits per heavy atom. The molecule has 0 fully saturated rings. The second-order valence-corrected chi connectivity index (χ2v) is 5.39. The Bertz CT molecular complexity index is 432. The number of carbonyl (C=O) groups is 2. The lowest BCUT2D eigenvalue weighted by molar-refractivity contribution is -0.148. The van der Waals surface area contributed by atoms with Crippen LogP contribution in [0.25, 0.3) is 0 Å². The van der Waals surface area contributed by atoms with Gasteiger partial charge in [-0.05, 0) is 24.8 Å². The van der Waals surface area contributed by atoms with Gasteiger partial charge < -0.3 is 10.2 Å². The highest BCUT2D eigenvalue weighted by atomic mass is 127. The SMILES string of the molecule is O=C(O)CCCC(CI)(Cc1ccccc1)C(=O)O. The molecule has 0 spiro atoms. The first-order valence-corrected chi connectivity index (χ1v) is 7.58. The van der Waals surface area contributed by atoms with Gasteiger partial charge in [-0.15, -0.1) is 0 Å². The lowest BCUT2D eigenvalue weighted by Gasteiger charge is -2.27. The van der Waals surface area contributed by atoms with Crippen molar-refractivity contribution in [3.05, 3.63) is 35.9 Å². The lowest BCUT2D eigenvalue weighted by atomic mass is 9.79. The summed E-state index contributed by atoms with van der Waals surface area (Å²) in [6.45, 7) is 0. The molecule has 104 valence electrons. The second kappa shape index (κ2) is 7.47. The van der Waals surface area contributed by atoms with Gasteiger partial charge in [0.25, 0.3) is 0 Å². The highest BCUT2D eigenvalue weighted by molar-refractivity contribution is 14.1. The zero-order valence-corrected chi connectivity index (χ0v) is 12.7. The van der Waals surface area contributed by atoms with E-state index >= 15 is 0 Å². The smallest absolute Gasteiger partial charge is 0.310 e. The van der Waals surface area contributed by atoms with E-state index in [4.69, 9.17) is 5.11 Å². The topological polar surface area (TPSA) is 74.6 Å². The van der Waals surface area contributed by atoms with Crippen molar-refractivity contribution in [2.24, 2.45) is 5.41 Å². The third-order valence-electron chi connectivity index (χ3n) is 3.14. The van der Waals surface area contributed by atoms with Crippen LogP contribution in [0.2, 0.25) is 0 Å². The van der Waals surface area contributed by atoms with Crippen LogP contribution in [0.1, 0.15) is 24.8 Å². The Morgan fingerprint density at radius 3 is 2.26 bits per heavy atom. The van der Waals surface area contributed by atoms with Crippen molar-refractivity contribution in [1.82, 2.24) is 0 Å². The van der Waals surface area contributed by atoms with E-state index in [0.29, 0.717) is 23.7 Å². The molecular weight excluding hydrogens is 359 g/mol. The normalized spacial score (nSPS) is 13.7. The third-order valence-corrected chi connectivity index (χ3v) is 4.60. The van der Waals surface area contributed by atoms with Crippen molar-refractivity contribution in [2.75, 3.05) is 4.43 Å². The summed E-state index contributed by atoms with van der Waals surface area (Å²) in [5.74, 6) is -1.73. The second-order valence-electron chi connectivity index (χ2n) is 4.63. The molecule has 0 bridgehead atoms. The summed E-state index contributed by atoms with van der Waals surface area (Å²) in [5.41, 5.74) is 0.0917. The standard InChI is InChI=1S/C14H17IO4/c15-10-14(13(18)19,8-4-7-12(16)17)9-11-5-2-1-3-6-11/h1-3,5-6H,4,7-10H2,(H,16,17)(H,18,19). The van der Waals surface area contributed by atoms with Crippen LogP contribution >= 0.6 is 22.6 Å². The molecule has 1 rings (SSSR count). The van der Waals surface area contributed by atoms with E-state index in [9.17, 15) is 14.7 Å². The van der Waals surface area contributed by atoms with Gasteiger partial charge >= 0.3 is 11.9 Å². The van der Waals surface area contributed by atoms with Gasteiger partial charge in [0, 0.05) is 10.8 Å². The van der Waals surface area contributed by atoms with E-state index in [0.717, 1.165) is 5.56 Å². The molecule has 0 aliphatic heterocycles. The summed E-state index contributed by atoms with van der Waals surface area (Å²) in [5, 5.41) is 18.2. The molecule has 0 saturated heterocycles. The van der Waals surface area contributed by atoms with Crippen LogP contribution in [-0.4, -0.2) is 26.6 Å². The molecule has 0 aliphatic carbocycles. The van der Waals surface area contributed by atoms with Gasteiger partial charge in [0.05, 0.1) is 5.41 Å². The molecule has 0 amide bonds. The first-order valence-electron chi connectivity index (χ1n) is 6.05. The molecule has 4 nitrogen and oxygen atoms in total. The molecular formula is C14H17IO4. The van der Waals surface area contributed by atoms with Crippen LogP contribution in [0, 0.1) is 5.41 Å². The lowest BCUT2D eigenvalue weighted by Crippen LogP contribution is -2.35. The number of rotatable bonds is 8. The van der Waals surface area contributed by atoms with E-state index in [1.165, 1.54) is 0 Å². The van der Waals surface area contributed by atoms with Gasteiger partial charge in [0.2, 0.25) is 0 Å². The van der Waals surface area contributed by atoms with Gasteiger partial charge in [-0.1, -0.05) is 52.9 Å². The fourth-order valence-electron chi connectivity index (χ4n) is 2.01. The maximum Gasteiger partial charge on any atom is 0.310 e. The Labute approximate surface area is 126 Å². The average molecular weight is 376 g/mol. The molecule has 1 unspecified atom stereocenters. The summed E-state index contributed by atoms with van der Waals surface area (Å²) in [6.07, 6.45) is 1.22. The van der Waals surface area contributed by atoms with Gasteiger partial charge in [0.1, 0.15) is 0 Å². The Morgan fingerprint density at radius 2 is 1.79 bits per heavy atom. The fourth-order valence-corrected chi connectivity index (χ4v) is 2.98. The maximum absolute atomic E-state index is 11.6. The Balaban J connectivity index is 2.80. The van der Waals surface area contributed by atoms with Crippen LogP contribution in [0.15, 0.2) is 30.3 Å². The first-order chi connectivity index (χ1) is 9.00. The molecule has 5 heteroatoms. The number of alkyl halides is 1. The van der Waals surface area contributed by atoms with Crippen LogP contribution in [0.4, 0.5) is 0 Å². The molecule has 0 aromatic heterocycles. The van der Waals surface area contributed by atoms with Crippen LogP contribution in [-0.2, 0) is 16.0 Å². The van der Waals surface area contributed by atoms with Crippen molar-refractivity contribution in [3.8, 4) is 0 Å². The summed E-state index contributed by atoms with van der Waals surface area (Å²) in [4.78, 5) is 22.1. The maximum atomic E-state index is 11.6. The summed E-state index contributed by atoms with van der Waals surface area (Å²) in [6, 6.07) is 9.46. The largest absolute Gasteiger partial charge is 0.481 e. The average Bonchev–Trinajstić information content (AvgIpc) is 2.38. The number of hydrogen-bond acceptors (Lipinski definition) is 2. The van der Waals surface area contributed by atoms with E-state index in [-0.39, 0.29) is 6.42 Å². The predicted octanol–water partition coefficient (Wildman–Crippen LogP) is 2.99. The molecule has 2 N–H and O–H groups in total. The summed E-state index contributed by atoms with van der Waals surface area (Å²) >= 11 is 2.07. The minimum Gasteiger partial charge on any atom is -0.481 e. The monoisotopic (exact) mass is 376 g/mol. The minimum atomic E-state index is -0.882. The van der Waals surface area contributed by atoms with Gasteiger partial charge in [0.15, 0.2) is 0 Å². The molecule has 19 heavy (non-hydrogen) atoms. The number of carboxylic acid groups (broad SMARTS) is 2. The van der Waals surface area contributed by atoms with Crippen molar-refractivity contribution in [3.63, 3.8) is 0 Å². The van der Waals surface area contributed by atoms with Crippen LogP contribution in [0.3, 0.4) is 0 Å². The summed E-state index contributed by atoms with van der Waals surface area (Å²) in [7, 11) is 0. The van der Waals surface area contributed by atoms with Gasteiger partial charge in [-0.3, -0.25) is 9.59 Å². The zero-order valence-electron chi connectivity index (χ0n) is 10.5. The number of carboxylic acids is 2. The Hall–Kier alpha value is -1.11. The molecule has 0 saturated carbocycles. The molecule has 0 heterocycles. The van der Waals surface area contributed by atoms with E-state index in [2.05, 4.69) is 22.6 Å². The van der Waals surface area contributed by atoms with Gasteiger partial charge in [-0.2, -0.15) is 0 Å². The number of halogens is 1. The number of benzene rings is 1. The zero-order chi connectivity index (χ0) is 14.3. The summed E-state index contributed by atoms with van der Waals surface area (Å²) < 4.78 is 0.467. The number of hydrogen-bond donors (Lipinski definition) is 2. The van der Waals surface area contributed by atoms with Crippen molar-refractivity contribution in [2.45, 2.75) is 25.7 Å². The van der Waals surface area contributed by atoms with Gasteiger partial charge in [-0.25, -0.2) is 0 Å². The molecule has 0 radical (unpaired) electrons. The number of aliphatic carboxylic acids is 2. The Kier molecular flexibility index (Phi) is 6.27. The van der Waals surface area contributed by atoms with Crippen molar-refractivity contribution < 1.29 is 19.8 Å². The highest BCUT2D eigenvalue weighted by Crippen LogP contribution is 2.32. The quantitative estimate of drug-likeness (QED) is 0.541. The van der Waals surface area contributed by atoms with E-state index in [1.54, 1.807) is 0 Å². The van der Waals surface area contributed by atoms with Crippen molar-refractivity contribution >= 4 is 34.5 Å². The predicted molar refractivity (Wildman–Crippen MR) is 80.6 cm³/mol.